The lowest BCUT2D eigenvalue weighted by molar-refractivity contribution is 0.554. The predicted molar refractivity (Wildman–Crippen MR) is 71.0 cm³/mol. The van der Waals surface area contributed by atoms with Gasteiger partial charge in [-0.25, -0.2) is 8.42 Å². The minimum absolute atomic E-state index is 0.0994. The highest BCUT2D eigenvalue weighted by Crippen LogP contribution is 2.15. The average molecular weight is 270 g/mol. The summed E-state index contributed by atoms with van der Waals surface area (Å²) >= 11 is 6.01. The topological polar surface area (TPSA) is 46.2 Å². The first kappa shape index (κ1) is 16.2. The Morgan fingerprint density at radius 1 is 1.31 bits per heavy atom. The molecule has 0 aliphatic carbocycles. The van der Waals surface area contributed by atoms with Crippen LogP contribution in [0, 0.1) is 0 Å². The van der Waals surface area contributed by atoms with Gasteiger partial charge in [-0.05, 0) is 27.2 Å². The molecule has 16 heavy (non-hydrogen) atoms. The molecule has 0 aliphatic rings. The summed E-state index contributed by atoms with van der Waals surface area (Å²) in [5, 5.41) is 3.19. The summed E-state index contributed by atoms with van der Waals surface area (Å²) in [6, 6.07) is 0. The van der Waals surface area contributed by atoms with Crippen LogP contribution in [-0.4, -0.2) is 37.4 Å². The fourth-order valence-electron chi connectivity index (χ4n) is 1.19. The second-order valence-electron chi connectivity index (χ2n) is 5.02. The van der Waals surface area contributed by atoms with Crippen molar-refractivity contribution < 1.29 is 8.42 Å². The Bertz CT molecular complexity index is 283. The molecule has 1 N–H and O–H groups in total. The van der Waals surface area contributed by atoms with E-state index in [-0.39, 0.29) is 11.1 Å². The molecule has 98 valence electrons. The first-order valence-corrected chi connectivity index (χ1v) is 7.86. The van der Waals surface area contributed by atoms with Crippen LogP contribution in [0.25, 0.3) is 0 Å². The van der Waals surface area contributed by atoms with Gasteiger partial charge in [0.15, 0.2) is 9.84 Å². The Labute approximate surface area is 105 Å². The molecule has 0 rings (SSSR count). The largest absolute Gasteiger partial charge is 0.314 e. The lowest BCUT2D eigenvalue weighted by atomic mass is 10.2. The van der Waals surface area contributed by atoms with Crippen molar-refractivity contribution in [2.45, 2.75) is 50.7 Å². The fourth-order valence-corrected chi connectivity index (χ4v) is 2.54. The van der Waals surface area contributed by atoms with Crippen LogP contribution < -0.4 is 5.32 Å². The van der Waals surface area contributed by atoms with Crippen LogP contribution in [-0.2, 0) is 9.84 Å². The highest BCUT2D eigenvalue weighted by molar-refractivity contribution is 7.92. The number of rotatable bonds is 7. The molecule has 1 atom stereocenters. The molecule has 0 heterocycles. The van der Waals surface area contributed by atoms with Crippen molar-refractivity contribution in [3.05, 3.63) is 0 Å². The highest BCUT2D eigenvalue weighted by Gasteiger charge is 2.27. The molecule has 0 radical (unpaired) electrons. The second kappa shape index (κ2) is 6.82. The Morgan fingerprint density at radius 3 is 2.31 bits per heavy atom. The summed E-state index contributed by atoms with van der Waals surface area (Å²) in [5.74, 6) is 0.173. The van der Waals surface area contributed by atoms with Crippen molar-refractivity contribution in [2.24, 2.45) is 0 Å². The van der Waals surface area contributed by atoms with Crippen molar-refractivity contribution >= 4 is 21.4 Å². The zero-order valence-electron chi connectivity index (χ0n) is 10.7. The van der Waals surface area contributed by atoms with Crippen LogP contribution in [0.2, 0.25) is 0 Å². The van der Waals surface area contributed by atoms with Crippen LogP contribution in [0.4, 0.5) is 0 Å². The average Bonchev–Trinajstić information content (AvgIpc) is 2.11. The Kier molecular flexibility index (Phi) is 6.90. The van der Waals surface area contributed by atoms with Gasteiger partial charge in [-0.1, -0.05) is 13.3 Å². The van der Waals surface area contributed by atoms with Gasteiger partial charge in [-0.2, -0.15) is 0 Å². The third-order valence-electron chi connectivity index (χ3n) is 2.45. The standard InChI is InChI=1S/C11H24ClNO2S/c1-5-6-10(12)9-13-7-8-16(14,15)11(2,3)4/h10,13H,5-9H2,1-4H3. The van der Waals surface area contributed by atoms with Crippen LogP contribution in [0.5, 0.6) is 0 Å². The molecule has 0 spiro atoms. The van der Waals surface area contributed by atoms with E-state index in [2.05, 4.69) is 12.2 Å². The molecular weight excluding hydrogens is 246 g/mol. The van der Waals surface area contributed by atoms with Crippen molar-refractivity contribution in [3.8, 4) is 0 Å². The normalized spacial score (nSPS) is 15.1. The third-order valence-corrected chi connectivity index (χ3v) is 5.43. The third kappa shape index (κ3) is 6.06. The van der Waals surface area contributed by atoms with Gasteiger partial charge in [0, 0.05) is 18.5 Å². The summed E-state index contributed by atoms with van der Waals surface area (Å²) in [5.41, 5.74) is 0. The fraction of sp³-hybridized carbons (Fsp3) is 1.00. The summed E-state index contributed by atoms with van der Waals surface area (Å²) in [6.07, 6.45) is 2.01. The Hall–Kier alpha value is 0.200. The minimum atomic E-state index is -3.01. The maximum Gasteiger partial charge on any atom is 0.156 e. The zero-order chi connectivity index (χ0) is 12.8. The summed E-state index contributed by atoms with van der Waals surface area (Å²) in [6.45, 7) is 8.42. The van der Waals surface area contributed by atoms with E-state index in [0.717, 1.165) is 12.8 Å². The van der Waals surface area contributed by atoms with E-state index in [1.165, 1.54) is 0 Å². The summed E-state index contributed by atoms with van der Waals surface area (Å²) in [4.78, 5) is 0. The smallest absolute Gasteiger partial charge is 0.156 e. The predicted octanol–water partition coefficient (Wildman–Crippen LogP) is 2.20. The Morgan fingerprint density at radius 2 is 1.88 bits per heavy atom. The molecular formula is C11H24ClNO2S. The maximum absolute atomic E-state index is 11.7. The van der Waals surface area contributed by atoms with Crippen LogP contribution in [0.15, 0.2) is 0 Å². The van der Waals surface area contributed by atoms with Crippen molar-refractivity contribution in [3.63, 3.8) is 0 Å². The van der Waals surface area contributed by atoms with Crippen LogP contribution in [0.3, 0.4) is 0 Å². The maximum atomic E-state index is 11.7. The quantitative estimate of drug-likeness (QED) is 0.569. The number of nitrogens with one attached hydrogen (secondary N) is 1. The molecule has 0 bridgehead atoms. The molecule has 3 nitrogen and oxygen atoms in total. The molecule has 5 heteroatoms. The van der Waals surface area contributed by atoms with Gasteiger partial charge in [-0.3, -0.25) is 0 Å². The van der Waals surface area contributed by atoms with Gasteiger partial charge in [0.1, 0.15) is 0 Å². The number of hydrogen-bond donors (Lipinski definition) is 1. The molecule has 0 aromatic carbocycles. The first-order valence-electron chi connectivity index (χ1n) is 5.78. The van der Waals surface area contributed by atoms with Gasteiger partial charge in [-0.15, -0.1) is 11.6 Å². The number of hydrogen-bond acceptors (Lipinski definition) is 3. The summed E-state index contributed by atoms with van der Waals surface area (Å²) in [7, 11) is -3.01. The van der Waals surface area contributed by atoms with E-state index in [4.69, 9.17) is 11.6 Å². The van der Waals surface area contributed by atoms with Gasteiger partial charge in [0.05, 0.1) is 10.5 Å². The number of sulfone groups is 1. The molecule has 0 saturated carbocycles. The second-order valence-corrected chi connectivity index (χ2v) is 8.50. The van der Waals surface area contributed by atoms with Crippen molar-refractivity contribution in [2.75, 3.05) is 18.8 Å². The van der Waals surface area contributed by atoms with Crippen LogP contribution in [0.1, 0.15) is 40.5 Å². The Balaban J connectivity index is 3.84. The molecule has 0 aromatic heterocycles. The molecule has 0 saturated heterocycles. The summed E-state index contributed by atoms with van der Waals surface area (Å²) < 4.78 is 22.8. The monoisotopic (exact) mass is 269 g/mol. The van der Waals surface area contributed by atoms with Gasteiger partial charge in [0.2, 0.25) is 0 Å². The van der Waals surface area contributed by atoms with E-state index in [1.54, 1.807) is 20.8 Å². The number of halogens is 1. The molecule has 0 aliphatic heterocycles. The molecule has 0 amide bonds. The van der Waals surface area contributed by atoms with Gasteiger partial charge >= 0.3 is 0 Å². The van der Waals surface area contributed by atoms with E-state index in [9.17, 15) is 8.42 Å². The van der Waals surface area contributed by atoms with E-state index in [1.807, 2.05) is 0 Å². The molecule has 0 aromatic rings. The zero-order valence-corrected chi connectivity index (χ0v) is 12.3. The lowest BCUT2D eigenvalue weighted by Crippen LogP contribution is -2.36. The minimum Gasteiger partial charge on any atom is -0.314 e. The van der Waals surface area contributed by atoms with Crippen molar-refractivity contribution in [1.82, 2.24) is 5.32 Å². The first-order chi connectivity index (χ1) is 7.20. The van der Waals surface area contributed by atoms with E-state index >= 15 is 0 Å². The van der Waals surface area contributed by atoms with Gasteiger partial charge in [0.25, 0.3) is 0 Å². The molecule has 0 fully saturated rings. The van der Waals surface area contributed by atoms with Crippen LogP contribution >= 0.6 is 11.6 Å². The lowest BCUT2D eigenvalue weighted by Gasteiger charge is -2.19. The van der Waals surface area contributed by atoms with E-state index < -0.39 is 14.6 Å². The highest BCUT2D eigenvalue weighted by atomic mass is 35.5. The molecule has 1 unspecified atom stereocenters. The number of alkyl halides is 1. The SMILES string of the molecule is CCCC(Cl)CNCCS(=O)(=O)C(C)(C)C. The van der Waals surface area contributed by atoms with Gasteiger partial charge < -0.3 is 5.32 Å². The van der Waals surface area contributed by atoms with Crippen molar-refractivity contribution in [1.29, 1.82) is 0 Å². The van der Waals surface area contributed by atoms with E-state index in [0.29, 0.717) is 13.1 Å².